The van der Waals surface area contributed by atoms with Crippen molar-refractivity contribution in [2.24, 2.45) is 0 Å². The van der Waals surface area contributed by atoms with Crippen LogP contribution >= 0.6 is 0 Å². The summed E-state index contributed by atoms with van der Waals surface area (Å²) in [4.78, 5) is 12.6. The van der Waals surface area contributed by atoms with E-state index in [1.807, 2.05) is 0 Å². The summed E-state index contributed by atoms with van der Waals surface area (Å²) >= 11 is 0. The SMILES string of the molecule is c1ccc(-c2ccccc2N(c2ccccc2)c2cc3c4c(c2)N(c2c(-c5ccccc5)cccc2-c2ccccc2)c2cc5c(cc2B4c2ccccc2O3)C2(c3cc4c(cc3O5)N(c3c(-c5ccccc5)cccc3-c3ccccc3)c3cc(N(c5ccccc5)c5ccccc5)cc5c3B4c3ccccc3N5c3ccccc3)c3ccccc3-c3ccccc32)cc1. The van der Waals surface area contributed by atoms with Gasteiger partial charge in [-0.05, 0) is 168 Å². The highest BCUT2D eigenvalue weighted by Gasteiger charge is 2.56. The van der Waals surface area contributed by atoms with Gasteiger partial charge in [0.25, 0.3) is 13.4 Å². The number of nitrogens with zero attached hydrogens (tertiary/aromatic N) is 5. The first-order valence-corrected chi connectivity index (χ1v) is 44.8. The molecule has 0 aromatic heterocycles. The van der Waals surface area contributed by atoms with E-state index < -0.39 is 5.41 Å². The highest BCUT2D eigenvalue weighted by Crippen LogP contribution is 2.65. The van der Waals surface area contributed by atoms with Crippen LogP contribution in [-0.2, 0) is 5.41 Å². The van der Waals surface area contributed by atoms with Gasteiger partial charge < -0.3 is 34.0 Å². The largest absolute Gasteiger partial charge is 0.458 e. The number of fused-ring (bicyclic) bond motifs is 17. The molecule has 0 unspecified atom stereocenters. The summed E-state index contributed by atoms with van der Waals surface area (Å²) in [5, 5.41) is 0. The Balaban J connectivity index is 0.803. The fraction of sp³-hybridized carbons (Fsp3) is 0.00826. The predicted molar refractivity (Wildman–Crippen MR) is 540 cm³/mol. The van der Waals surface area contributed by atoms with Gasteiger partial charge in [-0.2, -0.15) is 0 Å². The maximum atomic E-state index is 8.57. The van der Waals surface area contributed by atoms with Crippen LogP contribution in [0.1, 0.15) is 22.3 Å². The number of hydrogen-bond acceptors (Lipinski definition) is 7. The van der Waals surface area contributed by atoms with Gasteiger partial charge in [0, 0.05) is 114 Å². The first-order valence-electron chi connectivity index (χ1n) is 44.8. The second kappa shape index (κ2) is 30.2. The third-order valence-electron chi connectivity index (χ3n) is 27.5. The lowest BCUT2D eigenvalue weighted by molar-refractivity contribution is 0.437. The molecule has 26 rings (SSSR count). The molecule has 20 aromatic carbocycles. The average Bonchev–Trinajstić information content (AvgIpc) is 1.24. The van der Waals surface area contributed by atoms with E-state index in [-0.39, 0.29) is 13.4 Å². The van der Waals surface area contributed by atoms with E-state index in [0.29, 0.717) is 0 Å². The number of rotatable bonds is 14. The van der Waals surface area contributed by atoms with Crippen LogP contribution < -0.4 is 66.8 Å². The predicted octanol–water partition coefficient (Wildman–Crippen LogP) is 27.9. The zero-order valence-electron chi connectivity index (χ0n) is 70.8. The van der Waals surface area contributed by atoms with Gasteiger partial charge in [-0.15, -0.1) is 0 Å². The lowest BCUT2D eigenvalue weighted by Crippen LogP contribution is -2.61. The zero-order valence-corrected chi connectivity index (χ0v) is 70.8. The van der Waals surface area contributed by atoms with Crippen LogP contribution in [0.3, 0.4) is 0 Å². The van der Waals surface area contributed by atoms with E-state index in [0.717, 1.165) is 197 Å². The van der Waals surface area contributed by atoms with Crippen LogP contribution in [0, 0.1) is 0 Å². The molecule has 6 aliphatic rings. The van der Waals surface area contributed by atoms with Crippen LogP contribution in [-0.4, -0.2) is 13.4 Å². The molecule has 130 heavy (non-hydrogen) atoms. The molecule has 5 aliphatic heterocycles. The quantitative estimate of drug-likeness (QED) is 0.100. The topological polar surface area (TPSA) is 34.7 Å². The minimum absolute atomic E-state index is 0.341. The number of hydrogen-bond donors (Lipinski definition) is 0. The molecular formula is C121H79B2N5O2. The molecule has 0 N–H and O–H groups in total. The zero-order chi connectivity index (χ0) is 85.5. The summed E-state index contributed by atoms with van der Waals surface area (Å²) in [6.07, 6.45) is 0. The van der Waals surface area contributed by atoms with Crippen LogP contribution in [0.5, 0.6) is 23.0 Å². The first-order chi connectivity index (χ1) is 64.6. The van der Waals surface area contributed by atoms with Crippen LogP contribution in [0.4, 0.5) is 85.3 Å². The van der Waals surface area contributed by atoms with Gasteiger partial charge in [0.05, 0.1) is 33.9 Å². The standard InChI is InChI=1S/C121H79B2N5O2/c1-10-40-80(41-11-1)91-58-30-35-69-106(91)125(87-54-24-8-25-55-87)90-74-112-118-116(75-90)129-113-71-37-34-68-103(113)123(118)105-77-101-115(79-109(105)128(112)120-94(83-46-16-4-17-47-83)63-39-64-95(120)84-48-18-5-19-49-84)130-114-78-108-104(76-100(114)121(101)98-65-31-28-59-96(98)97-60-29-32-66-99(97)121)122-102-67-33-36-70-107(102)126(88-56-26-9-27-57-88)110-72-89(124(85-50-20-6-21-51-85)86-52-22-7-23-53-86)73-111(117(110)122)127(108)119-92(81-42-12-2-13-43-81)61-38-62-93(119)82-44-14-3-15-45-82/h1-79H. The maximum Gasteiger partial charge on any atom is 0.256 e. The molecule has 7 nitrogen and oxygen atoms in total. The van der Waals surface area contributed by atoms with Crippen LogP contribution in [0.15, 0.2) is 479 Å². The Hall–Kier alpha value is -16.9. The van der Waals surface area contributed by atoms with Crippen molar-refractivity contribution < 1.29 is 9.47 Å². The fourth-order valence-electron chi connectivity index (χ4n) is 22.2. The van der Waals surface area contributed by atoms with Gasteiger partial charge in [-0.3, -0.25) is 0 Å². The lowest BCUT2D eigenvalue weighted by Gasteiger charge is -2.47. The van der Waals surface area contributed by atoms with E-state index in [9.17, 15) is 0 Å². The summed E-state index contributed by atoms with van der Waals surface area (Å²) in [6.45, 7) is -0.713. The summed E-state index contributed by atoms with van der Waals surface area (Å²) < 4.78 is 16.3. The molecule has 0 radical (unpaired) electrons. The summed E-state index contributed by atoms with van der Waals surface area (Å²) in [6, 6.07) is 177. The van der Waals surface area contributed by atoms with Crippen molar-refractivity contribution in [1.29, 1.82) is 0 Å². The van der Waals surface area contributed by atoms with Gasteiger partial charge >= 0.3 is 0 Å². The van der Waals surface area contributed by atoms with Crippen molar-refractivity contribution in [2.45, 2.75) is 5.41 Å². The molecule has 1 aliphatic carbocycles. The fourth-order valence-corrected chi connectivity index (χ4v) is 22.2. The van der Waals surface area contributed by atoms with Gasteiger partial charge in [0.1, 0.15) is 23.0 Å². The molecule has 0 saturated carbocycles. The molecule has 9 heteroatoms. The summed E-state index contributed by atoms with van der Waals surface area (Å²) in [5.74, 6) is 3.07. The molecule has 20 aromatic rings. The molecule has 606 valence electrons. The maximum absolute atomic E-state index is 8.57. The summed E-state index contributed by atoms with van der Waals surface area (Å²) in [7, 11) is 0. The Morgan fingerprint density at radius 1 is 0.200 bits per heavy atom. The Morgan fingerprint density at radius 3 is 1.03 bits per heavy atom. The second-order valence-electron chi connectivity index (χ2n) is 34.4. The Labute approximate surface area is 757 Å². The Morgan fingerprint density at radius 2 is 0.546 bits per heavy atom. The van der Waals surface area contributed by atoms with Gasteiger partial charge in [-0.25, -0.2) is 0 Å². The van der Waals surface area contributed by atoms with E-state index in [1.165, 1.54) is 33.2 Å². The Bertz CT molecular complexity index is 7690. The van der Waals surface area contributed by atoms with Crippen molar-refractivity contribution in [3.8, 4) is 89.8 Å². The molecule has 5 heterocycles. The van der Waals surface area contributed by atoms with Crippen molar-refractivity contribution in [3.63, 3.8) is 0 Å². The summed E-state index contributed by atoms with van der Waals surface area (Å²) in [5.41, 5.74) is 38.7. The van der Waals surface area contributed by atoms with E-state index in [4.69, 9.17) is 9.47 Å². The van der Waals surface area contributed by atoms with Gasteiger partial charge in [-0.1, -0.05) is 376 Å². The smallest absolute Gasteiger partial charge is 0.256 e. The third-order valence-corrected chi connectivity index (χ3v) is 27.5. The van der Waals surface area contributed by atoms with Crippen molar-refractivity contribution in [2.75, 3.05) is 24.5 Å². The lowest BCUT2D eigenvalue weighted by atomic mass is 9.33. The molecule has 1 spiro atoms. The van der Waals surface area contributed by atoms with Crippen LogP contribution in [0.2, 0.25) is 0 Å². The third kappa shape index (κ3) is 11.5. The van der Waals surface area contributed by atoms with Crippen molar-refractivity contribution in [1.82, 2.24) is 0 Å². The highest BCUT2D eigenvalue weighted by molar-refractivity contribution is 7.01. The van der Waals surface area contributed by atoms with Gasteiger partial charge in [0.2, 0.25) is 0 Å². The van der Waals surface area contributed by atoms with Gasteiger partial charge in [0.15, 0.2) is 0 Å². The second-order valence-corrected chi connectivity index (χ2v) is 34.4. The normalized spacial score (nSPS) is 13.2. The number of para-hydroxylation sites is 9. The highest BCUT2D eigenvalue weighted by atomic mass is 16.5. The number of benzene rings is 20. The van der Waals surface area contributed by atoms with E-state index in [2.05, 4.69) is 504 Å². The first kappa shape index (κ1) is 74.5. The average molecular weight is 1660 g/mol. The van der Waals surface area contributed by atoms with E-state index in [1.54, 1.807) is 0 Å². The minimum Gasteiger partial charge on any atom is -0.458 e. The molecule has 0 fully saturated rings. The molecule has 0 amide bonds. The minimum atomic E-state index is -1.02. The van der Waals surface area contributed by atoms with Crippen LogP contribution in [0.25, 0.3) is 66.8 Å². The van der Waals surface area contributed by atoms with Crippen molar-refractivity contribution >= 4 is 132 Å². The molecule has 0 bridgehead atoms. The molecular weight excluding hydrogens is 1580 g/mol. The molecule has 0 saturated heterocycles. The van der Waals surface area contributed by atoms with E-state index >= 15 is 0 Å². The Kier molecular flexibility index (Phi) is 17.3. The number of ether oxygens (including phenoxy) is 2. The van der Waals surface area contributed by atoms with Crippen molar-refractivity contribution in [3.05, 3.63) is 501 Å². The molecule has 0 atom stereocenters. The monoisotopic (exact) mass is 1660 g/mol. The number of anilines is 15.